The van der Waals surface area contributed by atoms with Crippen LogP contribution >= 0.6 is 20.0 Å². The molecule has 74 valence electrons. The quantitative estimate of drug-likeness (QED) is 0.710. The maximum absolute atomic E-state index is 5.46. The van der Waals surface area contributed by atoms with E-state index in [9.17, 15) is 0 Å². The van der Waals surface area contributed by atoms with Crippen molar-refractivity contribution in [3.63, 3.8) is 0 Å². The fourth-order valence-corrected chi connectivity index (χ4v) is 15.2. The average molecular weight is 260 g/mol. The van der Waals surface area contributed by atoms with E-state index in [1.54, 1.807) is 0 Å². The lowest BCUT2D eigenvalue weighted by molar-refractivity contribution is 1.87. The lowest BCUT2D eigenvalue weighted by atomic mass is 11.8. The molecule has 0 nitrogen and oxygen atoms in total. The van der Waals surface area contributed by atoms with E-state index in [1.165, 1.54) is 11.8 Å². The fourth-order valence-electron chi connectivity index (χ4n) is 1.21. The molecule has 0 aliphatic heterocycles. The first-order valence-corrected chi connectivity index (χ1v) is 13.8. The van der Waals surface area contributed by atoms with Crippen LogP contribution in [0, 0.1) is 0 Å². The lowest BCUT2D eigenvalue weighted by Gasteiger charge is -2.21. The zero-order valence-electron chi connectivity index (χ0n) is 8.57. The maximum Gasteiger partial charge on any atom is -0.00335 e. The summed E-state index contributed by atoms with van der Waals surface area (Å²) in [5.74, 6) is 2.58. The predicted molar refractivity (Wildman–Crippen MR) is 74.8 cm³/mol. The summed E-state index contributed by atoms with van der Waals surface area (Å²) in [5, 5.41) is 0. The fraction of sp³-hybridized carbons (Fsp3) is 1.00. The van der Waals surface area contributed by atoms with Crippen molar-refractivity contribution in [2.24, 2.45) is 0 Å². The van der Waals surface area contributed by atoms with E-state index in [-0.39, 0.29) is 7.92 Å². The van der Waals surface area contributed by atoms with E-state index in [2.05, 4.69) is 33.3 Å². The van der Waals surface area contributed by atoms with Crippen molar-refractivity contribution < 1.29 is 0 Å². The molecular weight excluding hydrogens is 241 g/mol. The molecule has 0 N–H and O–H groups in total. The summed E-state index contributed by atoms with van der Waals surface area (Å²) in [6.07, 6.45) is 0. The minimum atomic E-state index is -0.974. The van der Waals surface area contributed by atoms with Gasteiger partial charge in [0.25, 0.3) is 0 Å². The highest BCUT2D eigenvalue weighted by atomic mass is 32.4. The summed E-state index contributed by atoms with van der Waals surface area (Å²) in [5.41, 5.74) is 0. The van der Waals surface area contributed by atoms with Crippen molar-refractivity contribution in [3.05, 3.63) is 0 Å². The molecule has 0 aromatic rings. The topological polar surface area (TPSA) is 0 Å². The van der Waals surface area contributed by atoms with E-state index in [0.717, 1.165) is 0 Å². The molecule has 0 aliphatic rings. The molecule has 0 bridgehead atoms. The molecule has 0 aromatic heterocycles. The Morgan fingerprint density at radius 2 is 1.17 bits per heavy atom. The summed E-state index contributed by atoms with van der Waals surface area (Å²) in [6, 6.07) is -1.95. The molecule has 0 rings (SSSR count). The zero-order chi connectivity index (χ0) is 9.99. The van der Waals surface area contributed by atoms with Gasteiger partial charge in [-0.05, 0) is 57.2 Å². The van der Waals surface area contributed by atoms with Crippen LogP contribution in [0.4, 0.5) is 0 Å². The van der Waals surface area contributed by atoms with Gasteiger partial charge in [-0.2, -0.15) is 0 Å². The Morgan fingerprint density at radius 3 is 1.33 bits per heavy atom. The summed E-state index contributed by atoms with van der Waals surface area (Å²) in [6.45, 7) is 11.3. The molecule has 0 atom stereocenters. The van der Waals surface area contributed by atoms with Gasteiger partial charge in [-0.1, -0.05) is 31.5 Å². The van der Waals surface area contributed by atoms with Crippen LogP contribution in [0.3, 0.4) is 0 Å². The molecule has 0 saturated carbocycles. The third-order valence-corrected chi connectivity index (χ3v) is 12.6. The second-order valence-corrected chi connectivity index (χ2v) is 20.5. The Balaban J connectivity index is 4.00. The Kier molecular flexibility index (Phi) is 5.71. The van der Waals surface area contributed by atoms with Crippen molar-refractivity contribution in [1.82, 2.24) is 0 Å². The monoisotopic (exact) mass is 260 g/mol. The van der Waals surface area contributed by atoms with Gasteiger partial charge < -0.3 is 0 Å². The van der Waals surface area contributed by atoms with Crippen LogP contribution in [0.25, 0.3) is 0 Å². The van der Waals surface area contributed by atoms with Gasteiger partial charge in [-0.3, -0.25) is 0 Å². The van der Waals surface area contributed by atoms with Crippen LogP contribution in [0.15, 0.2) is 0 Å². The van der Waals surface area contributed by atoms with Crippen molar-refractivity contribution in [3.8, 4) is 0 Å². The van der Waals surface area contributed by atoms with Crippen LogP contribution in [0.5, 0.6) is 0 Å². The largest absolute Gasteiger partial charge is 0.0996 e. The van der Waals surface area contributed by atoms with Gasteiger partial charge in [0, 0.05) is 0 Å². The Labute approximate surface area is 88.7 Å². The van der Waals surface area contributed by atoms with E-state index in [0.29, 0.717) is 0 Å². The Hall–Kier alpha value is 1.73. The molecule has 0 heterocycles. The zero-order valence-corrected chi connectivity index (χ0v) is 12.9. The van der Waals surface area contributed by atoms with Crippen molar-refractivity contribution in [1.29, 1.82) is 0 Å². The Bertz CT molecular complexity index is 201. The van der Waals surface area contributed by atoms with Gasteiger partial charge in [0.15, 0.2) is 0 Å². The number of hydrogen-bond donors (Lipinski definition) is 0. The average Bonchev–Trinajstić information content (AvgIpc) is 1.49. The molecule has 0 radical (unpaired) electrons. The predicted octanol–water partition coefficient (Wildman–Crippen LogP) is 3.49. The molecule has 0 aliphatic carbocycles. The van der Waals surface area contributed by atoms with E-state index in [1.807, 2.05) is 0 Å². The third-order valence-electron chi connectivity index (χ3n) is 1.16. The maximum atomic E-state index is 5.46. The number of hydrogen-bond acceptors (Lipinski definition) is 2. The molecule has 0 aromatic carbocycles. The second kappa shape index (κ2) is 4.99. The molecule has 0 saturated heterocycles. The van der Waals surface area contributed by atoms with Crippen molar-refractivity contribution in [2.45, 2.75) is 0 Å². The minimum Gasteiger partial charge on any atom is -0.0996 e. The first kappa shape index (κ1) is 13.7. The molecule has 5 heteroatoms. The highest BCUT2D eigenvalue weighted by Crippen LogP contribution is 2.57. The summed E-state index contributed by atoms with van der Waals surface area (Å²) >= 11 is 10.9. The van der Waals surface area contributed by atoms with Gasteiger partial charge in [-0.25, -0.2) is 0 Å². The summed E-state index contributed by atoms with van der Waals surface area (Å²) in [7, 11) is 0.134. The van der Waals surface area contributed by atoms with Gasteiger partial charge in [0.2, 0.25) is 0 Å². The SMILES string of the molecule is CP(CP(C)(C)=S)CP(C)(C)=S. The molecule has 0 unspecified atom stereocenters. The first-order chi connectivity index (χ1) is 5.10. The van der Waals surface area contributed by atoms with E-state index >= 15 is 0 Å². The molecule has 0 fully saturated rings. The van der Waals surface area contributed by atoms with Crippen molar-refractivity contribution >= 4 is 43.6 Å². The van der Waals surface area contributed by atoms with Gasteiger partial charge >= 0.3 is 0 Å². The summed E-state index contributed by atoms with van der Waals surface area (Å²) in [4.78, 5) is 0. The molecule has 0 spiro atoms. The molecule has 12 heavy (non-hydrogen) atoms. The van der Waals surface area contributed by atoms with Gasteiger partial charge in [-0.15, -0.1) is 0 Å². The third kappa shape index (κ3) is 9.82. The van der Waals surface area contributed by atoms with Crippen LogP contribution in [-0.4, -0.2) is 45.1 Å². The second-order valence-electron chi connectivity index (χ2n) is 4.29. The highest BCUT2D eigenvalue weighted by Gasteiger charge is 2.13. The van der Waals surface area contributed by atoms with Crippen LogP contribution in [0.2, 0.25) is 0 Å². The highest BCUT2D eigenvalue weighted by molar-refractivity contribution is 8.19. The van der Waals surface area contributed by atoms with E-state index < -0.39 is 12.1 Å². The smallest absolute Gasteiger partial charge is 0.00335 e. The van der Waals surface area contributed by atoms with Gasteiger partial charge in [0.05, 0.1) is 0 Å². The van der Waals surface area contributed by atoms with Crippen LogP contribution in [0.1, 0.15) is 0 Å². The first-order valence-electron chi connectivity index (χ1n) is 3.87. The minimum absolute atomic E-state index is 0.134. The molecular formula is C7H19P3S2. The van der Waals surface area contributed by atoms with Gasteiger partial charge in [0.1, 0.15) is 0 Å². The van der Waals surface area contributed by atoms with Crippen LogP contribution in [-0.2, 0) is 23.6 Å². The van der Waals surface area contributed by atoms with Crippen molar-refractivity contribution in [2.75, 3.05) is 45.1 Å². The molecule has 0 amide bonds. The normalized spacial score (nSPS) is 13.8. The standard InChI is InChI=1S/C7H19P3S2/c1-8(6-9(2,3)11)7-10(4,5)12/h6-7H2,1-5H3. The lowest BCUT2D eigenvalue weighted by Crippen LogP contribution is -1.89. The Morgan fingerprint density at radius 1 is 0.917 bits per heavy atom. The number of rotatable bonds is 4. The van der Waals surface area contributed by atoms with E-state index in [4.69, 9.17) is 23.6 Å². The summed E-state index contributed by atoms with van der Waals surface area (Å²) < 4.78 is 0. The van der Waals surface area contributed by atoms with Crippen LogP contribution < -0.4 is 0 Å².